The first-order valence-corrected chi connectivity index (χ1v) is 7.55. The average Bonchev–Trinajstić information content (AvgIpc) is 2.94. The van der Waals surface area contributed by atoms with E-state index in [0.29, 0.717) is 18.3 Å². The third kappa shape index (κ3) is 4.87. The molecule has 1 saturated heterocycles. The van der Waals surface area contributed by atoms with Crippen LogP contribution in [0.25, 0.3) is 0 Å². The summed E-state index contributed by atoms with van der Waals surface area (Å²) >= 11 is 0. The smallest absolute Gasteiger partial charge is 0.0814 e. The van der Waals surface area contributed by atoms with Gasteiger partial charge in [0.05, 0.1) is 24.9 Å². The van der Waals surface area contributed by atoms with Crippen LogP contribution in [0.15, 0.2) is 0 Å². The first-order valence-electron chi connectivity index (χ1n) is 7.55. The molecule has 2 unspecified atom stereocenters. The van der Waals surface area contributed by atoms with Gasteiger partial charge >= 0.3 is 0 Å². The minimum atomic E-state index is 0.182. The van der Waals surface area contributed by atoms with Crippen molar-refractivity contribution in [1.82, 2.24) is 5.32 Å². The number of nitrogens with one attached hydrogen (secondary N) is 1. The molecule has 3 heteroatoms. The number of ether oxygens (including phenoxy) is 2. The van der Waals surface area contributed by atoms with E-state index in [1.54, 1.807) is 0 Å². The Kier molecular flexibility index (Phi) is 5.05. The first kappa shape index (κ1) is 14.3. The number of hydrogen-bond donors (Lipinski definition) is 1. The molecule has 2 fully saturated rings. The Hall–Kier alpha value is -0.120. The summed E-state index contributed by atoms with van der Waals surface area (Å²) in [6.45, 7) is 8.36. The zero-order chi connectivity index (χ0) is 13.0. The molecule has 106 valence electrons. The molecule has 0 bridgehead atoms. The molecule has 0 aromatic rings. The van der Waals surface area contributed by atoms with Crippen molar-refractivity contribution in [2.45, 2.75) is 83.1 Å². The molecule has 0 aromatic carbocycles. The minimum Gasteiger partial charge on any atom is -0.376 e. The van der Waals surface area contributed by atoms with E-state index in [1.807, 2.05) is 0 Å². The molecule has 1 aliphatic carbocycles. The predicted molar refractivity (Wildman–Crippen MR) is 73.9 cm³/mol. The van der Waals surface area contributed by atoms with E-state index in [4.69, 9.17) is 9.47 Å². The van der Waals surface area contributed by atoms with Gasteiger partial charge in [-0.2, -0.15) is 0 Å². The highest BCUT2D eigenvalue weighted by atomic mass is 16.5. The molecular formula is C15H29NO2. The highest BCUT2D eigenvalue weighted by Crippen LogP contribution is 2.24. The topological polar surface area (TPSA) is 30.5 Å². The Morgan fingerprint density at radius 1 is 1.06 bits per heavy atom. The van der Waals surface area contributed by atoms with Gasteiger partial charge in [-0.1, -0.05) is 12.8 Å². The lowest BCUT2D eigenvalue weighted by atomic mass is 10.1. The minimum absolute atomic E-state index is 0.182. The van der Waals surface area contributed by atoms with Crippen LogP contribution in [-0.4, -0.2) is 37.0 Å². The zero-order valence-corrected chi connectivity index (χ0v) is 12.2. The molecule has 1 heterocycles. The summed E-state index contributed by atoms with van der Waals surface area (Å²) in [6.07, 6.45) is 8.73. The van der Waals surface area contributed by atoms with Crippen molar-refractivity contribution in [3.8, 4) is 0 Å². The molecule has 0 aromatic heterocycles. The molecule has 0 radical (unpaired) electrons. The molecule has 0 spiro atoms. The molecule has 1 aliphatic heterocycles. The van der Waals surface area contributed by atoms with Gasteiger partial charge < -0.3 is 14.8 Å². The fraction of sp³-hybridized carbons (Fsp3) is 1.00. The Morgan fingerprint density at radius 3 is 2.39 bits per heavy atom. The molecule has 18 heavy (non-hydrogen) atoms. The SMILES string of the molecule is CC(C)(C)NCC1CCC(COC2CCCC2)O1. The Balaban J connectivity index is 1.59. The lowest BCUT2D eigenvalue weighted by molar-refractivity contribution is -0.0397. The van der Waals surface area contributed by atoms with Crippen LogP contribution >= 0.6 is 0 Å². The van der Waals surface area contributed by atoms with Crippen LogP contribution in [0.5, 0.6) is 0 Å². The van der Waals surface area contributed by atoms with Crippen LogP contribution in [0.4, 0.5) is 0 Å². The van der Waals surface area contributed by atoms with Crippen molar-refractivity contribution in [3.63, 3.8) is 0 Å². The van der Waals surface area contributed by atoms with Gasteiger partial charge in [0.15, 0.2) is 0 Å². The first-order chi connectivity index (χ1) is 8.53. The van der Waals surface area contributed by atoms with Crippen LogP contribution in [0.1, 0.15) is 59.3 Å². The second-order valence-corrected chi connectivity index (χ2v) is 6.83. The van der Waals surface area contributed by atoms with Gasteiger partial charge in [-0.3, -0.25) is 0 Å². The van der Waals surface area contributed by atoms with Crippen LogP contribution in [0.2, 0.25) is 0 Å². The van der Waals surface area contributed by atoms with Gasteiger partial charge in [-0.25, -0.2) is 0 Å². The summed E-state index contributed by atoms with van der Waals surface area (Å²) in [5, 5.41) is 3.52. The van der Waals surface area contributed by atoms with E-state index >= 15 is 0 Å². The maximum absolute atomic E-state index is 6.03. The van der Waals surface area contributed by atoms with E-state index in [9.17, 15) is 0 Å². The van der Waals surface area contributed by atoms with Gasteiger partial charge in [0.25, 0.3) is 0 Å². The van der Waals surface area contributed by atoms with Crippen molar-refractivity contribution in [3.05, 3.63) is 0 Å². The standard InChI is InChI=1S/C15H29NO2/c1-15(2,3)16-10-13-8-9-14(18-13)11-17-12-6-4-5-7-12/h12-14,16H,4-11H2,1-3H3. The summed E-state index contributed by atoms with van der Waals surface area (Å²) in [5.41, 5.74) is 0.182. The lowest BCUT2D eigenvalue weighted by Crippen LogP contribution is -2.41. The maximum atomic E-state index is 6.03. The van der Waals surface area contributed by atoms with E-state index in [-0.39, 0.29) is 5.54 Å². The Labute approximate surface area is 112 Å². The quantitative estimate of drug-likeness (QED) is 0.819. The fourth-order valence-corrected chi connectivity index (χ4v) is 2.77. The molecule has 3 nitrogen and oxygen atoms in total. The number of rotatable bonds is 5. The zero-order valence-electron chi connectivity index (χ0n) is 12.2. The van der Waals surface area contributed by atoms with E-state index in [2.05, 4.69) is 26.1 Å². The van der Waals surface area contributed by atoms with Crippen molar-refractivity contribution in [2.75, 3.05) is 13.2 Å². The lowest BCUT2D eigenvalue weighted by Gasteiger charge is -2.23. The second kappa shape index (κ2) is 6.36. The highest BCUT2D eigenvalue weighted by molar-refractivity contribution is 4.79. The summed E-state index contributed by atoms with van der Waals surface area (Å²) < 4.78 is 12.0. The molecule has 1 saturated carbocycles. The van der Waals surface area contributed by atoms with Gasteiger partial charge in [-0.15, -0.1) is 0 Å². The Bertz CT molecular complexity index is 243. The van der Waals surface area contributed by atoms with Gasteiger partial charge in [-0.05, 0) is 46.5 Å². The van der Waals surface area contributed by atoms with Crippen LogP contribution in [0.3, 0.4) is 0 Å². The van der Waals surface area contributed by atoms with Crippen LogP contribution < -0.4 is 5.32 Å². The predicted octanol–water partition coefficient (Wildman–Crippen LogP) is 2.88. The molecule has 2 aliphatic rings. The highest BCUT2D eigenvalue weighted by Gasteiger charge is 2.27. The second-order valence-electron chi connectivity index (χ2n) is 6.83. The normalized spacial score (nSPS) is 30.2. The van der Waals surface area contributed by atoms with Crippen LogP contribution in [0, 0.1) is 0 Å². The monoisotopic (exact) mass is 255 g/mol. The van der Waals surface area contributed by atoms with Crippen LogP contribution in [-0.2, 0) is 9.47 Å². The molecular weight excluding hydrogens is 226 g/mol. The Morgan fingerprint density at radius 2 is 1.72 bits per heavy atom. The van der Waals surface area contributed by atoms with Crippen molar-refractivity contribution in [1.29, 1.82) is 0 Å². The van der Waals surface area contributed by atoms with Crippen molar-refractivity contribution >= 4 is 0 Å². The van der Waals surface area contributed by atoms with E-state index in [1.165, 1.54) is 32.1 Å². The molecule has 1 N–H and O–H groups in total. The van der Waals surface area contributed by atoms with E-state index < -0.39 is 0 Å². The third-order valence-electron chi connectivity index (χ3n) is 3.88. The average molecular weight is 255 g/mol. The molecule has 2 atom stereocenters. The summed E-state index contributed by atoms with van der Waals surface area (Å²) in [4.78, 5) is 0. The fourth-order valence-electron chi connectivity index (χ4n) is 2.77. The summed E-state index contributed by atoms with van der Waals surface area (Å²) in [5.74, 6) is 0. The van der Waals surface area contributed by atoms with Gasteiger partial charge in [0, 0.05) is 12.1 Å². The van der Waals surface area contributed by atoms with Gasteiger partial charge in [0.1, 0.15) is 0 Å². The number of hydrogen-bond acceptors (Lipinski definition) is 3. The molecule has 2 rings (SSSR count). The summed E-state index contributed by atoms with van der Waals surface area (Å²) in [6, 6.07) is 0. The van der Waals surface area contributed by atoms with Gasteiger partial charge in [0.2, 0.25) is 0 Å². The van der Waals surface area contributed by atoms with Crippen molar-refractivity contribution in [2.24, 2.45) is 0 Å². The summed E-state index contributed by atoms with van der Waals surface area (Å²) in [7, 11) is 0. The van der Waals surface area contributed by atoms with Crippen molar-refractivity contribution < 1.29 is 9.47 Å². The maximum Gasteiger partial charge on any atom is 0.0814 e. The largest absolute Gasteiger partial charge is 0.376 e. The molecule has 0 amide bonds. The third-order valence-corrected chi connectivity index (χ3v) is 3.88. The van der Waals surface area contributed by atoms with E-state index in [0.717, 1.165) is 19.6 Å².